The van der Waals surface area contributed by atoms with Gasteiger partial charge in [0.2, 0.25) is 5.88 Å². The predicted molar refractivity (Wildman–Crippen MR) is 87.0 cm³/mol. The van der Waals surface area contributed by atoms with E-state index in [4.69, 9.17) is 14.2 Å². The van der Waals surface area contributed by atoms with E-state index in [1.54, 1.807) is 19.2 Å². The van der Waals surface area contributed by atoms with Crippen LogP contribution in [0.1, 0.15) is 35.3 Å². The van der Waals surface area contributed by atoms with E-state index in [0.717, 1.165) is 19.3 Å². The highest BCUT2D eigenvalue weighted by Gasteiger charge is 2.26. The molecular formula is C17H24N2O5. The Bertz CT molecular complexity index is 582. The molecule has 1 aromatic rings. The molecule has 0 aromatic carbocycles. The van der Waals surface area contributed by atoms with Crippen LogP contribution in [0, 0.1) is 5.92 Å². The lowest BCUT2D eigenvalue weighted by molar-refractivity contribution is -0.146. The van der Waals surface area contributed by atoms with Crippen molar-refractivity contribution in [1.82, 2.24) is 10.3 Å². The molecule has 7 heteroatoms. The maximum absolute atomic E-state index is 11.9. The fourth-order valence-electron chi connectivity index (χ4n) is 2.92. The highest BCUT2D eigenvalue weighted by atomic mass is 16.5. The summed E-state index contributed by atoms with van der Waals surface area (Å²) < 4.78 is 14.7. The second-order valence-corrected chi connectivity index (χ2v) is 5.78. The minimum Gasteiger partial charge on any atom is -0.481 e. The molecule has 2 atom stereocenters. The number of rotatable bonds is 6. The molecule has 0 saturated carbocycles. The van der Waals surface area contributed by atoms with Gasteiger partial charge in [0.15, 0.2) is 0 Å². The second kappa shape index (κ2) is 8.63. The molecule has 132 valence electrons. The zero-order chi connectivity index (χ0) is 17.5. The molecule has 0 bridgehead atoms. The summed E-state index contributed by atoms with van der Waals surface area (Å²) in [5, 5.41) is 3.37. The standard InChI is InChI=1S/C17H24N2O5/c1-22-15-9-7-13(17(21)24-3)14(19-15)8-6-12-5-4-11(10-18-12)16(20)23-2/h7,9,11-12,18H,4-6,8,10H2,1-3H3. The first-order valence-corrected chi connectivity index (χ1v) is 8.02. The largest absolute Gasteiger partial charge is 0.481 e. The highest BCUT2D eigenvalue weighted by molar-refractivity contribution is 5.90. The molecule has 2 unspecified atom stereocenters. The van der Waals surface area contributed by atoms with E-state index in [9.17, 15) is 9.59 Å². The number of ether oxygens (including phenoxy) is 3. The number of methoxy groups -OCH3 is 3. The monoisotopic (exact) mass is 336 g/mol. The molecule has 0 spiro atoms. The molecule has 1 aromatic heterocycles. The van der Waals surface area contributed by atoms with Crippen molar-refractivity contribution in [3.63, 3.8) is 0 Å². The smallest absolute Gasteiger partial charge is 0.339 e. The van der Waals surface area contributed by atoms with Gasteiger partial charge in [-0.3, -0.25) is 4.79 Å². The van der Waals surface area contributed by atoms with E-state index in [-0.39, 0.29) is 17.9 Å². The van der Waals surface area contributed by atoms with Crippen molar-refractivity contribution >= 4 is 11.9 Å². The van der Waals surface area contributed by atoms with Crippen molar-refractivity contribution in [2.24, 2.45) is 5.92 Å². The summed E-state index contributed by atoms with van der Waals surface area (Å²) in [6, 6.07) is 3.61. The molecule has 0 amide bonds. The summed E-state index contributed by atoms with van der Waals surface area (Å²) in [6.07, 6.45) is 3.14. The fraction of sp³-hybridized carbons (Fsp3) is 0.588. The summed E-state index contributed by atoms with van der Waals surface area (Å²) in [6.45, 7) is 0.618. The SMILES string of the molecule is COC(=O)c1ccc(OC)nc1CCC1CCC(C(=O)OC)CN1. The Hall–Kier alpha value is -2.15. The molecule has 24 heavy (non-hydrogen) atoms. The first-order valence-electron chi connectivity index (χ1n) is 8.02. The van der Waals surface area contributed by atoms with Gasteiger partial charge in [0.05, 0.1) is 38.5 Å². The highest BCUT2D eigenvalue weighted by Crippen LogP contribution is 2.21. The summed E-state index contributed by atoms with van der Waals surface area (Å²) in [5.74, 6) is -0.169. The fourth-order valence-corrected chi connectivity index (χ4v) is 2.92. The topological polar surface area (TPSA) is 86.8 Å². The van der Waals surface area contributed by atoms with Crippen LogP contribution in [0.3, 0.4) is 0 Å². The number of nitrogens with zero attached hydrogens (tertiary/aromatic N) is 1. The van der Waals surface area contributed by atoms with Gasteiger partial charge < -0.3 is 19.5 Å². The minimum atomic E-state index is -0.400. The zero-order valence-corrected chi connectivity index (χ0v) is 14.3. The Morgan fingerprint density at radius 2 is 2.00 bits per heavy atom. The number of pyridine rings is 1. The van der Waals surface area contributed by atoms with E-state index in [1.165, 1.54) is 14.2 Å². The lowest BCUT2D eigenvalue weighted by Gasteiger charge is -2.28. The van der Waals surface area contributed by atoms with Gasteiger partial charge in [-0.15, -0.1) is 0 Å². The van der Waals surface area contributed by atoms with Gasteiger partial charge in [-0.1, -0.05) is 0 Å². The normalized spacial score (nSPS) is 20.3. The molecule has 1 aliphatic rings. The Kier molecular flexibility index (Phi) is 6.54. The molecule has 7 nitrogen and oxygen atoms in total. The van der Waals surface area contributed by atoms with Crippen LogP contribution in [0.15, 0.2) is 12.1 Å². The Morgan fingerprint density at radius 1 is 1.21 bits per heavy atom. The van der Waals surface area contributed by atoms with Crippen molar-refractivity contribution < 1.29 is 23.8 Å². The average molecular weight is 336 g/mol. The third-order valence-electron chi connectivity index (χ3n) is 4.34. The van der Waals surface area contributed by atoms with E-state index in [0.29, 0.717) is 30.1 Å². The Morgan fingerprint density at radius 3 is 2.58 bits per heavy atom. The lowest BCUT2D eigenvalue weighted by atomic mass is 9.92. The van der Waals surface area contributed by atoms with Crippen LogP contribution in [-0.2, 0) is 20.7 Å². The molecule has 0 radical (unpaired) electrons. The van der Waals surface area contributed by atoms with Crippen molar-refractivity contribution in [3.8, 4) is 5.88 Å². The van der Waals surface area contributed by atoms with Crippen LogP contribution in [0.5, 0.6) is 5.88 Å². The van der Waals surface area contributed by atoms with Crippen molar-refractivity contribution in [2.75, 3.05) is 27.9 Å². The second-order valence-electron chi connectivity index (χ2n) is 5.78. The van der Waals surface area contributed by atoms with Crippen LogP contribution >= 0.6 is 0 Å². The number of piperidine rings is 1. The van der Waals surface area contributed by atoms with Crippen molar-refractivity contribution in [2.45, 2.75) is 31.7 Å². The summed E-state index contributed by atoms with van der Waals surface area (Å²) in [4.78, 5) is 27.8. The quantitative estimate of drug-likeness (QED) is 0.785. The molecule has 2 heterocycles. The van der Waals surface area contributed by atoms with Gasteiger partial charge in [-0.05, 0) is 31.7 Å². The van der Waals surface area contributed by atoms with E-state index in [2.05, 4.69) is 10.3 Å². The number of aryl methyl sites for hydroxylation is 1. The third kappa shape index (κ3) is 4.44. The first-order chi connectivity index (χ1) is 11.6. The van der Waals surface area contributed by atoms with Gasteiger partial charge in [0.25, 0.3) is 0 Å². The van der Waals surface area contributed by atoms with E-state index >= 15 is 0 Å². The van der Waals surface area contributed by atoms with Crippen LogP contribution in [0.4, 0.5) is 0 Å². The molecular weight excluding hydrogens is 312 g/mol. The number of hydrogen-bond acceptors (Lipinski definition) is 7. The number of esters is 2. The zero-order valence-electron chi connectivity index (χ0n) is 14.3. The molecule has 1 fully saturated rings. The molecule has 0 aliphatic carbocycles. The number of hydrogen-bond donors (Lipinski definition) is 1. The Labute approximate surface area is 141 Å². The third-order valence-corrected chi connectivity index (χ3v) is 4.34. The molecule has 1 aliphatic heterocycles. The number of aromatic nitrogens is 1. The van der Waals surface area contributed by atoms with Crippen LogP contribution < -0.4 is 10.1 Å². The molecule has 2 rings (SSSR count). The number of carbonyl (C=O) groups excluding carboxylic acids is 2. The summed E-state index contributed by atoms with van der Waals surface area (Å²) in [5.41, 5.74) is 1.12. The summed E-state index contributed by atoms with van der Waals surface area (Å²) in [7, 11) is 4.31. The van der Waals surface area contributed by atoms with E-state index < -0.39 is 5.97 Å². The predicted octanol–water partition coefficient (Wildman–Crippen LogP) is 1.35. The van der Waals surface area contributed by atoms with Crippen LogP contribution in [0.25, 0.3) is 0 Å². The molecule has 1 N–H and O–H groups in total. The molecule has 1 saturated heterocycles. The van der Waals surface area contributed by atoms with Crippen molar-refractivity contribution in [1.29, 1.82) is 0 Å². The van der Waals surface area contributed by atoms with Gasteiger partial charge >= 0.3 is 11.9 Å². The number of carbonyl (C=O) groups is 2. The van der Waals surface area contributed by atoms with Gasteiger partial charge in [-0.25, -0.2) is 9.78 Å². The first kappa shape index (κ1) is 18.2. The van der Waals surface area contributed by atoms with Gasteiger partial charge in [0.1, 0.15) is 0 Å². The van der Waals surface area contributed by atoms with Crippen molar-refractivity contribution in [3.05, 3.63) is 23.4 Å². The minimum absolute atomic E-state index is 0.0770. The van der Waals surface area contributed by atoms with E-state index in [1.807, 2.05) is 0 Å². The maximum atomic E-state index is 11.9. The maximum Gasteiger partial charge on any atom is 0.339 e. The Balaban J connectivity index is 1.96. The number of nitrogens with one attached hydrogen (secondary N) is 1. The average Bonchev–Trinajstić information content (AvgIpc) is 2.65. The van der Waals surface area contributed by atoms with Gasteiger partial charge in [0, 0.05) is 18.7 Å². The van der Waals surface area contributed by atoms with Crippen LogP contribution in [-0.4, -0.2) is 50.8 Å². The summed E-state index contributed by atoms with van der Waals surface area (Å²) >= 11 is 0. The van der Waals surface area contributed by atoms with Gasteiger partial charge in [-0.2, -0.15) is 0 Å². The lowest BCUT2D eigenvalue weighted by Crippen LogP contribution is -2.42. The van der Waals surface area contributed by atoms with Crippen LogP contribution in [0.2, 0.25) is 0 Å².